The third-order valence-electron chi connectivity index (χ3n) is 3.43. The van der Waals surface area contributed by atoms with Crippen molar-refractivity contribution >= 4 is 21.8 Å². The maximum atomic E-state index is 5.72. The number of nitrogens with zero attached hydrogens (tertiary/aromatic N) is 1. The van der Waals surface area contributed by atoms with Crippen LogP contribution in [0.3, 0.4) is 0 Å². The van der Waals surface area contributed by atoms with E-state index in [-0.39, 0.29) is 0 Å². The van der Waals surface area contributed by atoms with E-state index in [1.807, 2.05) is 0 Å². The molecule has 0 atom stereocenters. The molecule has 0 aromatic heterocycles. The molecule has 1 aromatic rings. The summed E-state index contributed by atoms with van der Waals surface area (Å²) in [5, 5.41) is 3.44. The number of halogens is 1. The molecule has 0 saturated carbocycles. The topological polar surface area (TPSA) is 33.6 Å². The fourth-order valence-electron chi connectivity index (χ4n) is 2.52. The zero-order valence-electron chi connectivity index (χ0n) is 10.3. The van der Waals surface area contributed by atoms with Crippen LogP contribution in [0.5, 0.6) is 5.75 Å². The largest absolute Gasteiger partial charge is 0.493 e. The smallest absolute Gasteiger partial charge is 0.127 e. The first-order valence-electron chi connectivity index (χ1n) is 6.54. The van der Waals surface area contributed by atoms with Crippen LogP contribution >= 0.6 is 15.9 Å². The summed E-state index contributed by atoms with van der Waals surface area (Å²) in [6.45, 7) is 2.58. The van der Waals surface area contributed by atoms with E-state index in [0.29, 0.717) is 0 Å². The summed E-state index contributed by atoms with van der Waals surface area (Å²) < 4.78 is 6.86. The first kappa shape index (κ1) is 12.0. The number of aliphatic imine (C=N–C) groups is 1. The quantitative estimate of drug-likeness (QED) is 0.911. The molecule has 0 radical (unpaired) electrons. The van der Waals surface area contributed by atoms with Crippen molar-refractivity contribution in [3.05, 3.63) is 27.7 Å². The van der Waals surface area contributed by atoms with Gasteiger partial charge < -0.3 is 10.1 Å². The van der Waals surface area contributed by atoms with Gasteiger partial charge in [0.2, 0.25) is 0 Å². The first-order chi connectivity index (χ1) is 8.83. The Morgan fingerprint density at radius 2 is 2.22 bits per heavy atom. The number of fused-ring (bicyclic) bond motifs is 1. The Balaban J connectivity index is 1.74. The molecule has 2 aliphatic rings. The van der Waals surface area contributed by atoms with Crippen molar-refractivity contribution in [2.45, 2.75) is 32.2 Å². The van der Waals surface area contributed by atoms with Crippen molar-refractivity contribution < 1.29 is 4.74 Å². The summed E-state index contributed by atoms with van der Waals surface area (Å²) >= 11 is 3.57. The molecular weight excluding hydrogens is 292 g/mol. The third-order valence-corrected chi connectivity index (χ3v) is 3.89. The Bertz CT molecular complexity index is 485. The lowest BCUT2D eigenvalue weighted by atomic mass is 10.1. The highest BCUT2D eigenvalue weighted by Crippen LogP contribution is 2.32. The summed E-state index contributed by atoms with van der Waals surface area (Å²) in [7, 11) is 0. The SMILES string of the molecule is Brc1cc2c(c(CNC3=NCCCC3)c1)OCC2. The van der Waals surface area contributed by atoms with Crippen LogP contribution < -0.4 is 10.1 Å². The van der Waals surface area contributed by atoms with E-state index in [2.05, 4.69) is 38.4 Å². The lowest BCUT2D eigenvalue weighted by Crippen LogP contribution is -2.25. The van der Waals surface area contributed by atoms with Crippen molar-refractivity contribution in [2.24, 2.45) is 4.99 Å². The normalized spacial score (nSPS) is 17.9. The maximum Gasteiger partial charge on any atom is 0.127 e. The van der Waals surface area contributed by atoms with Gasteiger partial charge in [-0.25, -0.2) is 0 Å². The van der Waals surface area contributed by atoms with Crippen LogP contribution in [0.4, 0.5) is 0 Å². The minimum absolute atomic E-state index is 0.805. The first-order valence-corrected chi connectivity index (χ1v) is 7.33. The highest BCUT2D eigenvalue weighted by atomic mass is 79.9. The number of nitrogens with one attached hydrogen (secondary N) is 1. The zero-order chi connectivity index (χ0) is 12.4. The molecule has 3 rings (SSSR count). The molecule has 2 aliphatic heterocycles. The van der Waals surface area contributed by atoms with Crippen LogP contribution in [-0.2, 0) is 13.0 Å². The van der Waals surface area contributed by atoms with E-state index >= 15 is 0 Å². The van der Waals surface area contributed by atoms with Gasteiger partial charge in [0.15, 0.2) is 0 Å². The average Bonchev–Trinajstić information content (AvgIpc) is 2.85. The van der Waals surface area contributed by atoms with Crippen molar-refractivity contribution in [3.8, 4) is 5.75 Å². The van der Waals surface area contributed by atoms with Crippen LogP contribution in [0.15, 0.2) is 21.6 Å². The summed E-state index contributed by atoms with van der Waals surface area (Å²) in [5.41, 5.74) is 2.54. The summed E-state index contributed by atoms with van der Waals surface area (Å²) in [5.74, 6) is 2.22. The van der Waals surface area contributed by atoms with Crippen LogP contribution in [0.1, 0.15) is 30.4 Å². The van der Waals surface area contributed by atoms with Gasteiger partial charge >= 0.3 is 0 Å². The molecule has 3 nitrogen and oxygen atoms in total. The van der Waals surface area contributed by atoms with E-state index in [9.17, 15) is 0 Å². The lowest BCUT2D eigenvalue weighted by molar-refractivity contribution is 0.353. The lowest BCUT2D eigenvalue weighted by Gasteiger charge is -2.15. The van der Waals surface area contributed by atoms with Crippen molar-refractivity contribution in [1.82, 2.24) is 5.32 Å². The second-order valence-corrected chi connectivity index (χ2v) is 5.71. The van der Waals surface area contributed by atoms with Crippen LogP contribution in [0, 0.1) is 0 Å². The minimum Gasteiger partial charge on any atom is -0.493 e. The molecule has 4 heteroatoms. The molecule has 96 valence electrons. The minimum atomic E-state index is 0.805. The molecule has 1 N–H and O–H groups in total. The Kier molecular flexibility index (Phi) is 3.55. The Labute approximate surface area is 116 Å². The number of ether oxygens (including phenoxy) is 1. The molecule has 0 spiro atoms. The predicted octanol–water partition coefficient (Wildman–Crippen LogP) is 3.06. The Morgan fingerprint density at radius 1 is 1.28 bits per heavy atom. The van der Waals surface area contributed by atoms with Gasteiger partial charge in [-0.2, -0.15) is 0 Å². The van der Waals surface area contributed by atoms with Gasteiger partial charge in [0, 0.05) is 36.0 Å². The van der Waals surface area contributed by atoms with Crippen LogP contribution in [-0.4, -0.2) is 19.0 Å². The molecule has 0 aliphatic carbocycles. The molecule has 0 unspecified atom stereocenters. The Hall–Kier alpha value is -1.03. The summed E-state index contributed by atoms with van der Waals surface area (Å²) in [4.78, 5) is 4.51. The van der Waals surface area contributed by atoms with Gasteiger partial charge in [-0.1, -0.05) is 15.9 Å². The fraction of sp³-hybridized carbons (Fsp3) is 0.500. The van der Waals surface area contributed by atoms with Gasteiger partial charge in [0.05, 0.1) is 12.4 Å². The molecule has 2 heterocycles. The van der Waals surface area contributed by atoms with E-state index in [1.165, 1.54) is 24.0 Å². The molecule has 0 fully saturated rings. The molecule has 0 saturated heterocycles. The van der Waals surface area contributed by atoms with Crippen LogP contribution in [0.2, 0.25) is 0 Å². The van der Waals surface area contributed by atoms with Gasteiger partial charge in [-0.3, -0.25) is 4.99 Å². The number of hydrogen-bond donors (Lipinski definition) is 1. The number of benzene rings is 1. The van der Waals surface area contributed by atoms with Gasteiger partial charge in [-0.15, -0.1) is 0 Å². The van der Waals surface area contributed by atoms with Gasteiger partial charge in [0.1, 0.15) is 5.75 Å². The van der Waals surface area contributed by atoms with E-state index in [4.69, 9.17) is 4.74 Å². The third kappa shape index (κ3) is 2.53. The molecular formula is C14H17BrN2O. The zero-order valence-corrected chi connectivity index (χ0v) is 11.9. The predicted molar refractivity (Wildman–Crippen MR) is 76.3 cm³/mol. The average molecular weight is 309 g/mol. The van der Waals surface area contributed by atoms with Crippen molar-refractivity contribution in [2.75, 3.05) is 13.2 Å². The second kappa shape index (κ2) is 5.31. The molecule has 0 bridgehead atoms. The fourth-order valence-corrected chi connectivity index (χ4v) is 3.07. The Morgan fingerprint density at radius 3 is 3.06 bits per heavy atom. The standard InChI is InChI=1S/C14H17BrN2O/c15-12-7-10-4-6-18-14(10)11(8-12)9-17-13-3-1-2-5-16-13/h7-8H,1-6,9H2,(H,16,17). The summed E-state index contributed by atoms with van der Waals surface area (Å²) in [6.07, 6.45) is 4.57. The highest BCUT2D eigenvalue weighted by Gasteiger charge is 2.17. The second-order valence-electron chi connectivity index (χ2n) is 4.79. The number of rotatable bonds is 2. The monoisotopic (exact) mass is 308 g/mol. The van der Waals surface area contributed by atoms with Crippen molar-refractivity contribution in [1.29, 1.82) is 0 Å². The van der Waals surface area contributed by atoms with Gasteiger partial charge in [-0.05, 0) is 30.5 Å². The highest BCUT2D eigenvalue weighted by molar-refractivity contribution is 9.10. The van der Waals surface area contributed by atoms with Crippen molar-refractivity contribution in [3.63, 3.8) is 0 Å². The molecule has 1 aromatic carbocycles. The maximum absolute atomic E-state index is 5.72. The number of hydrogen-bond acceptors (Lipinski definition) is 3. The van der Waals surface area contributed by atoms with E-state index in [0.717, 1.165) is 48.6 Å². The van der Waals surface area contributed by atoms with Crippen LogP contribution in [0.25, 0.3) is 0 Å². The van der Waals surface area contributed by atoms with E-state index in [1.54, 1.807) is 0 Å². The summed E-state index contributed by atoms with van der Waals surface area (Å²) in [6, 6.07) is 4.30. The molecule has 18 heavy (non-hydrogen) atoms. The molecule has 0 amide bonds. The number of amidine groups is 1. The van der Waals surface area contributed by atoms with E-state index < -0.39 is 0 Å². The van der Waals surface area contributed by atoms with Gasteiger partial charge in [0.25, 0.3) is 0 Å².